The highest BCUT2D eigenvalue weighted by Gasteiger charge is 2.68. The first-order valence-corrected chi connectivity index (χ1v) is 6.66. The Bertz CT molecular complexity index is 227. The van der Waals surface area contributed by atoms with Gasteiger partial charge in [0, 0.05) is 5.25 Å². The molecule has 4 rings (SSSR count). The fourth-order valence-corrected chi connectivity index (χ4v) is 5.25. The van der Waals surface area contributed by atoms with Gasteiger partial charge in [-0.25, -0.2) is 0 Å². The monoisotopic (exact) mass is 200 g/mol. The van der Waals surface area contributed by atoms with E-state index in [-0.39, 0.29) is 0 Å². The number of carbonyl (C=O) groups excluding carboxylic acids is 1. The van der Waals surface area contributed by atoms with Gasteiger partial charge in [0.15, 0.2) is 0 Å². The molecular weight excluding hydrogens is 188 g/mol. The lowest BCUT2D eigenvalue weighted by atomic mass is 10.1. The van der Waals surface area contributed by atoms with Gasteiger partial charge in [-0.05, 0) is 42.8 Å². The van der Waals surface area contributed by atoms with Crippen LogP contribution < -0.4 is 0 Å². The largest absolute Gasteiger partial charge is 0.274 e. The number of carbonyl (C=O) groups is 1. The lowest BCUT2D eigenvalue weighted by molar-refractivity contribution is 0.276. The van der Waals surface area contributed by atoms with Crippen LogP contribution in [0.4, 0.5) is 4.79 Å². The van der Waals surface area contributed by atoms with E-state index in [9.17, 15) is 4.79 Å². The van der Waals surface area contributed by atoms with Gasteiger partial charge in [-0.1, -0.05) is 23.5 Å². The Morgan fingerprint density at radius 3 is 2.42 bits per heavy atom. The molecule has 4 saturated carbocycles. The van der Waals surface area contributed by atoms with Crippen molar-refractivity contribution in [1.29, 1.82) is 0 Å². The quantitative estimate of drug-likeness (QED) is 0.648. The lowest BCUT2D eigenvalue weighted by Crippen LogP contribution is -2.08. The van der Waals surface area contributed by atoms with Crippen LogP contribution in [0.2, 0.25) is 0 Å². The molecule has 0 aromatic heterocycles. The maximum atomic E-state index is 11.2. The van der Waals surface area contributed by atoms with Gasteiger partial charge in [0.2, 0.25) is 4.45 Å². The molecule has 66 valence electrons. The summed E-state index contributed by atoms with van der Waals surface area (Å²) >= 11 is 3.01. The number of hydrogen-bond donors (Lipinski definition) is 0. The summed E-state index contributed by atoms with van der Waals surface area (Å²) in [6, 6.07) is 0. The second-order valence-corrected chi connectivity index (χ2v) is 6.36. The maximum Gasteiger partial charge on any atom is 0.246 e. The standard InChI is InChI=1S/C9H12OS2/c1-11-9(10)12-8-4-2-5-6(3-4)7(5)8/h4-8H,2-3H2,1H3/t4?,5-,6?,7?,8+/m0/s1. The number of rotatable bonds is 1. The minimum absolute atomic E-state index is 0.332. The molecular formula is C9H12OS2. The zero-order chi connectivity index (χ0) is 8.29. The Hall–Kier alpha value is 0.370. The van der Waals surface area contributed by atoms with E-state index in [1.54, 1.807) is 11.8 Å². The summed E-state index contributed by atoms with van der Waals surface area (Å²) in [4.78, 5) is 11.2. The van der Waals surface area contributed by atoms with Crippen LogP contribution in [0.15, 0.2) is 0 Å². The summed E-state index contributed by atoms with van der Waals surface area (Å²) in [5, 5.41) is 0.722. The molecule has 0 aromatic carbocycles. The first kappa shape index (κ1) is 7.74. The van der Waals surface area contributed by atoms with Gasteiger partial charge in [-0.15, -0.1) is 0 Å². The van der Waals surface area contributed by atoms with Gasteiger partial charge >= 0.3 is 0 Å². The average Bonchev–Trinajstić information content (AvgIpc) is 2.52. The van der Waals surface area contributed by atoms with Gasteiger partial charge in [0.25, 0.3) is 0 Å². The third-order valence-electron chi connectivity index (χ3n) is 3.79. The van der Waals surface area contributed by atoms with E-state index < -0.39 is 0 Å². The van der Waals surface area contributed by atoms with Crippen LogP contribution in [0.3, 0.4) is 0 Å². The smallest absolute Gasteiger partial charge is 0.246 e. The summed E-state index contributed by atoms with van der Waals surface area (Å²) in [5.74, 6) is 3.95. The van der Waals surface area contributed by atoms with Crippen molar-refractivity contribution in [2.75, 3.05) is 6.26 Å². The zero-order valence-electron chi connectivity index (χ0n) is 7.03. The molecule has 4 bridgehead atoms. The molecule has 3 heteroatoms. The predicted molar refractivity (Wildman–Crippen MR) is 53.5 cm³/mol. The SMILES string of the molecule is CSC(=O)S[C@@H]1C2CC3C1[C@H]3C2. The van der Waals surface area contributed by atoms with Gasteiger partial charge in [-0.2, -0.15) is 0 Å². The van der Waals surface area contributed by atoms with E-state index in [2.05, 4.69) is 0 Å². The van der Waals surface area contributed by atoms with Gasteiger partial charge in [0.1, 0.15) is 0 Å². The third-order valence-corrected chi connectivity index (χ3v) is 6.08. The van der Waals surface area contributed by atoms with E-state index in [1.807, 2.05) is 6.26 Å². The minimum atomic E-state index is 0.332. The molecule has 0 spiro atoms. The Morgan fingerprint density at radius 2 is 2.00 bits per heavy atom. The minimum Gasteiger partial charge on any atom is -0.274 e. The molecule has 0 saturated heterocycles. The van der Waals surface area contributed by atoms with Crippen LogP contribution in [-0.2, 0) is 0 Å². The molecule has 0 N–H and O–H groups in total. The van der Waals surface area contributed by atoms with Crippen LogP contribution >= 0.6 is 23.5 Å². The third kappa shape index (κ3) is 0.869. The zero-order valence-corrected chi connectivity index (χ0v) is 8.66. The Balaban J connectivity index is 1.69. The molecule has 5 atom stereocenters. The summed E-state index contributed by atoms with van der Waals surface area (Å²) < 4.78 is 0.332. The number of thioether (sulfide) groups is 2. The molecule has 4 aliphatic rings. The molecule has 0 radical (unpaired) electrons. The molecule has 4 fully saturated rings. The highest BCUT2D eigenvalue weighted by molar-refractivity contribution is 8.38. The van der Waals surface area contributed by atoms with Crippen molar-refractivity contribution in [3.63, 3.8) is 0 Å². The van der Waals surface area contributed by atoms with Crippen molar-refractivity contribution < 1.29 is 4.79 Å². The average molecular weight is 200 g/mol. The summed E-state index contributed by atoms with van der Waals surface area (Å²) in [6.07, 6.45) is 4.77. The predicted octanol–water partition coefficient (Wildman–Crippen LogP) is 2.86. The Labute approximate surface area is 81.0 Å². The van der Waals surface area contributed by atoms with Crippen molar-refractivity contribution in [3.05, 3.63) is 0 Å². The highest BCUT2D eigenvalue weighted by Crippen LogP contribution is 2.73. The van der Waals surface area contributed by atoms with Crippen molar-refractivity contribution in [1.82, 2.24) is 0 Å². The van der Waals surface area contributed by atoms with Crippen LogP contribution in [0.25, 0.3) is 0 Å². The van der Waals surface area contributed by atoms with Gasteiger partial charge in [-0.3, -0.25) is 4.79 Å². The van der Waals surface area contributed by atoms with Gasteiger partial charge < -0.3 is 0 Å². The van der Waals surface area contributed by atoms with E-state index in [0.29, 0.717) is 4.45 Å². The number of hydrogen-bond acceptors (Lipinski definition) is 3. The Morgan fingerprint density at radius 1 is 1.33 bits per heavy atom. The molecule has 0 aromatic rings. The van der Waals surface area contributed by atoms with Gasteiger partial charge in [0.05, 0.1) is 0 Å². The first-order chi connectivity index (χ1) is 5.81. The maximum absolute atomic E-state index is 11.2. The highest BCUT2D eigenvalue weighted by atomic mass is 32.2. The summed E-state index contributed by atoms with van der Waals surface area (Å²) in [6.45, 7) is 0. The van der Waals surface area contributed by atoms with E-state index in [0.717, 1.165) is 28.9 Å². The van der Waals surface area contributed by atoms with Crippen LogP contribution in [0.1, 0.15) is 12.8 Å². The molecule has 0 aliphatic heterocycles. The summed E-state index contributed by atoms with van der Waals surface area (Å²) in [7, 11) is 0. The molecule has 0 heterocycles. The fraction of sp³-hybridized carbons (Fsp3) is 0.889. The van der Waals surface area contributed by atoms with Crippen molar-refractivity contribution >= 4 is 28.0 Å². The van der Waals surface area contributed by atoms with E-state index in [4.69, 9.17) is 0 Å². The van der Waals surface area contributed by atoms with Crippen LogP contribution in [0, 0.1) is 23.7 Å². The molecule has 0 amide bonds. The first-order valence-electron chi connectivity index (χ1n) is 4.56. The molecule has 12 heavy (non-hydrogen) atoms. The second-order valence-electron chi connectivity index (χ2n) is 4.17. The normalized spacial score (nSPS) is 52.9. The van der Waals surface area contributed by atoms with Crippen LogP contribution in [-0.4, -0.2) is 16.0 Å². The lowest BCUT2D eigenvalue weighted by Gasteiger charge is -2.11. The van der Waals surface area contributed by atoms with E-state index in [1.165, 1.54) is 24.6 Å². The molecule has 4 aliphatic carbocycles. The Kier molecular flexibility index (Phi) is 1.58. The van der Waals surface area contributed by atoms with E-state index >= 15 is 0 Å². The fourth-order valence-electron chi connectivity index (χ4n) is 3.34. The van der Waals surface area contributed by atoms with Crippen molar-refractivity contribution in [2.24, 2.45) is 23.7 Å². The van der Waals surface area contributed by atoms with Crippen molar-refractivity contribution in [2.45, 2.75) is 18.1 Å². The second kappa shape index (κ2) is 2.44. The molecule has 1 nitrogen and oxygen atoms in total. The topological polar surface area (TPSA) is 17.1 Å². The molecule has 3 unspecified atom stereocenters. The van der Waals surface area contributed by atoms with Crippen LogP contribution in [0.5, 0.6) is 0 Å². The summed E-state index contributed by atoms with van der Waals surface area (Å²) in [5.41, 5.74) is 0. The van der Waals surface area contributed by atoms with Crippen molar-refractivity contribution in [3.8, 4) is 0 Å².